The van der Waals surface area contributed by atoms with Gasteiger partial charge in [0.05, 0.1) is 6.20 Å². The first kappa shape index (κ1) is 15.2. The average molecular weight is 357 g/mol. The fraction of sp³-hybridized carbons (Fsp3) is 0.364. The zero-order valence-electron chi connectivity index (χ0n) is 11.6. The van der Waals surface area contributed by atoms with Crippen LogP contribution in [0, 0.1) is 17.0 Å². The largest absolute Gasteiger partial charge is 0.358 e. The van der Waals surface area contributed by atoms with E-state index in [-0.39, 0.29) is 16.0 Å². The van der Waals surface area contributed by atoms with Gasteiger partial charge >= 0.3 is 5.82 Å². The van der Waals surface area contributed by atoms with Gasteiger partial charge < -0.3 is 15.0 Å². The zero-order chi connectivity index (χ0) is 15.7. The van der Waals surface area contributed by atoms with E-state index in [9.17, 15) is 14.9 Å². The Labute approximate surface area is 128 Å². The minimum absolute atomic E-state index is 0.0225. The number of carbonyl (C=O) groups excluding carboxylic acids is 1. The van der Waals surface area contributed by atoms with E-state index in [1.807, 2.05) is 14.0 Å². The molecule has 0 aliphatic heterocycles. The van der Waals surface area contributed by atoms with Crippen molar-refractivity contribution in [3.8, 4) is 0 Å². The van der Waals surface area contributed by atoms with Gasteiger partial charge in [-0.15, -0.1) is 5.10 Å². The third kappa shape index (κ3) is 2.79. The molecule has 1 N–H and O–H groups in total. The monoisotopic (exact) mass is 356 g/mol. The van der Waals surface area contributed by atoms with Crippen LogP contribution in [0.4, 0.5) is 5.82 Å². The third-order valence-corrected chi connectivity index (χ3v) is 3.92. The van der Waals surface area contributed by atoms with E-state index < -0.39 is 10.8 Å². The summed E-state index contributed by atoms with van der Waals surface area (Å²) in [5, 5.41) is 20.8. The number of aryl methyl sites for hydroxylation is 1. The van der Waals surface area contributed by atoms with Crippen molar-refractivity contribution in [1.82, 2.24) is 24.9 Å². The third-order valence-electron chi connectivity index (χ3n) is 3.17. The van der Waals surface area contributed by atoms with Crippen molar-refractivity contribution in [1.29, 1.82) is 0 Å². The van der Waals surface area contributed by atoms with Crippen LogP contribution >= 0.6 is 15.9 Å². The Balaban J connectivity index is 2.20. The summed E-state index contributed by atoms with van der Waals surface area (Å²) in [5.41, 5.74) is 1.82. The molecule has 0 unspecified atom stereocenters. The highest BCUT2D eigenvalue weighted by atomic mass is 79.9. The van der Waals surface area contributed by atoms with Crippen molar-refractivity contribution in [3.63, 3.8) is 0 Å². The lowest BCUT2D eigenvalue weighted by Crippen LogP contribution is -2.27. The highest BCUT2D eigenvalue weighted by molar-refractivity contribution is 9.10. The van der Waals surface area contributed by atoms with Crippen LogP contribution < -0.4 is 0 Å². The van der Waals surface area contributed by atoms with Gasteiger partial charge in [-0.2, -0.15) is 5.10 Å². The van der Waals surface area contributed by atoms with E-state index in [0.29, 0.717) is 6.54 Å². The molecular formula is C11H13BrN6O3. The van der Waals surface area contributed by atoms with E-state index in [4.69, 9.17) is 0 Å². The Hall–Kier alpha value is -2.23. The first-order valence-electron chi connectivity index (χ1n) is 5.94. The van der Waals surface area contributed by atoms with Crippen LogP contribution in [0.25, 0.3) is 0 Å². The molecule has 0 atom stereocenters. The molecule has 0 spiro atoms. The summed E-state index contributed by atoms with van der Waals surface area (Å²) < 4.78 is 1.76. The quantitative estimate of drug-likeness (QED) is 0.657. The molecular weight excluding hydrogens is 344 g/mol. The molecule has 0 saturated heterocycles. The number of rotatable bonds is 4. The standard InChI is InChI=1S/C11H13BrN6O3/c1-6-7(4-13-17(6)3)5-16(2)11(19)9-8(12)10(15-14-9)18(20)21/h4H,5H2,1-3H3,(H,14,15). The van der Waals surface area contributed by atoms with E-state index in [0.717, 1.165) is 11.3 Å². The average Bonchev–Trinajstić information content (AvgIpc) is 2.95. The Bertz CT molecular complexity index is 707. The number of hydrogen-bond acceptors (Lipinski definition) is 5. The molecule has 21 heavy (non-hydrogen) atoms. The molecule has 2 heterocycles. The lowest BCUT2D eigenvalue weighted by molar-refractivity contribution is -0.390. The van der Waals surface area contributed by atoms with Gasteiger partial charge in [-0.25, -0.2) is 0 Å². The molecule has 9 nitrogen and oxygen atoms in total. The summed E-state index contributed by atoms with van der Waals surface area (Å²) in [6, 6.07) is 0. The summed E-state index contributed by atoms with van der Waals surface area (Å²) in [7, 11) is 3.41. The van der Waals surface area contributed by atoms with Crippen LogP contribution in [0.15, 0.2) is 10.7 Å². The van der Waals surface area contributed by atoms with Crippen molar-refractivity contribution in [2.24, 2.45) is 7.05 Å². The van der Waals surface area contributed by atoms with Crippen molar-refractivity contribution in [2.75, 3.05) is 7.05 Å². The maximum absolute atomic E-state index is 12.3. The molecule has 10 heteroatoms. The number of nitrogens with zero attached hydrogens (tertiary/aromatic N) is 5. The van der Waals surface area contributed by atoms with Gasteiger partial charge in [-0.1, -0.05) is 5.10 Å². The van der Waals surface area contributed by atoms with Gasteiger partial charge in [0.2, 0.25) is 0 Å². The summed E-state index contributed by atoms with van der Waals surface area (Å²) in [5.74, 6) is -0.765. The Morgan fingerprint density at radius 1 is 1.62 bits per heavy atom. The number of halogens is 1. The Kier molecular flexibility index (Phi) is 4.07. The predicted molar refractivity (Wildman–Crippen MR) is 76.7 cm³/mol. The molecule has 2 aromatic rings. The van der Waals surface area contributed by atoms with E-state index in [2.05, 4.69) is 31.2 Å². The lowest BCUT2D eigenvalue weighted by Gasteiger charge is -2.15. The fourth-order valence-corrected chi connectivity index (χ4v) is 2.28. The predicted octanol–water partition coefficient (Wildman–Crippen LogP) is 1.39. The van der Waals surface area contributed by atoms with E-state index >= 15 is 0 Å². The molecule has 0 aliphatic carbocycles. The summed E-state index contributed by atoms with van der Waals surface area (Å²) in [6.07, 6.45) is 1.68. The first-order chi connectivity index (χ1) is 9.82. The smallest absolute Gasteiger partial charge is 0.357 e. The summed E-state index contributed by atoms with van der Waals surface area (Å²) in [4.78, 5) is 23.8. The molecule has 1 amide bonds. The van der Waals surface area contributed by atoms with Gasteiger partial charge in [-0.3, -0.25) is 9.48 Å². The molecule has 0 fully saturated rings. The lowest BCUT2D eigenvalue weighted by atomic mass is 10.2. The zero-order valence-corrected chi connectivity index (χ0v) is 13.2. The number of nitro groups is 1. The van der Waals surface area contributed by atoms with Crippen molar-refractivity contribution < 1.29 is 9.72 Å². The second-order valence-corrected chi connectivity index (χ2v) is 5.32. The topological polar surface area (TPSA) is 110 Å². The number of hydrogen-bond donors (Lipinski definition) is 1. The normalized spacial score (nSPS) is 10.7. The molecule has 0 saturated carbocycles. The van der Waals surface area contributed by atoms with Crippen LogP contribution in [-0.4, -0.2) is 42.8 Å². The maximum atomic E-state index is 12.3. The van der Waals surface area contributed by atoms with Crippen LogP contribution in [0.2, 0.25) is 0 Å². The molecule has 112 valence electrons. The van der Waals surface area contributed by atoms with Crippen LogP contribution in [0.3, 0.4) is 0 Å². The molecule has 0 aromatic carbocycles. The highest BCUT2D eigenvalue weighted by Gasteiger charge is 2.27. The van der Waals surface area contributed by atoms with Gasteiger partial charge in [-0.05, 0) is 27.8 Å². The van der Waals surface area contributed by atoms with Crippen LogP contribution in [0.1, 0.15) is 21.7 Å². The van der Waals surface area contributed by atoms with Gasteiger partial charge in [0.15, 0.2) is 5.69 Å². The van der Waals surface area contributed by atoms with Gasteiger partial charge in [0.1, 0.15) is 4.47 Å². The molecule has 2 rings (SSSR count). The number of aromatic amines is 1. The van der Waals surface area contributed by atoms with E-state index in [1.165, 1.54) is 4.90 Å². The van der Waals surface area contributed by atoms with Crippen molar-refractivity contribution in [2.45, 2.75) is 13.5 Å². The number of H-pyrrole nitrogens is 1. The second kappa shape index (κ2) is 5.64. The fourth-order valence-electron chi connectivity index (χ4n) is 1.79. The maximum Gasteiger partial charge on any atom is 0.357 e. The molecule has 0 aliphatic rings. The van der Waals surface area contributed by atoms with Crippen molar-refractivity contribution in [3.05, 3.63) is 37.7 Å². The molecule has 0 bridgehead atoms. The number of carbonyl (C=O) groups is 1. The summed E-state index contributed by atoms with van der Waals surface area (Å²) in [6.45, 7) is 2.24. The Morgan fingerprint density at radius 2 is 2.29 bits per heavy atom. The van der Waals surface area contributed by atoms with Crippen LogP contribution in [-0.2, 0) is 13.6 Å². The summed E-state index contributed by atoms with van der Waals surface area (Å²) >= 11 is 3.03. The van der Waals surface area contributed by atoms with E-state index in [1.54, 1.807) is 17.9 Å². The Morgan fingerprint density at radius 3 is 2.76 bits per heavy atom. The van der Waals surface area contributed by atoms with Crippen LogP contribution in [0.5, 0.6) is 0 Å². The number of nitrogens with one attached hydrogen (secondary N) is 1. The van der Waals surface area contributed by atoms with Gasteiger partial charge in [0.25, 0.3) is 5.91 Å². The SMILES string of the molecule is Cc1c(CN(C)C(=O)c2n[nH]c([N+](=O)[O-])c2Br)cnn1C. The van der Waals surface area contributed by atoms with Gasteiger partial charge in [0, 0.05) is 31.9 Å². The highest BCUT2D eigenvalue weighted by Crippen LogP contribution is 2.26. The number of amides is 1. The second-order valence-electron chi connectivity index (χ2n) is 4.53. The minimum Gasteiger partial charge on any atom is -0.358 e. The number of aromatic nitrogens is 4. The minimum atomic E-state index is -0.640. The molecule has 2 aromatic heterocycles. The first-order valence-corrected chi connectivity index (χ1v) is 6.73. The van der Waals surface area contributed by atoms with Crippen molar-refractivity contribution >= 4 is 27.7 Å². The molecule has 0 radical (unpaired) electrons.